The summed E-state index contributed by atoms with van der Waals surface area (Å²) in [6.45, 7) is 12.7. The summed E-state index contributed by atoms with van der Waals surface area (Å²) in [4.78, 5) is 0. The van der Waals surface area contributed by atoms with Crippen LogP contribution in [0.3, 0.4) is 0 Å². The van der Waals surface area contributed by atoms with Crippen molar-refractivity contribution in [3.05, 3.63) is 12.1 Å². The molecule has 0 aromatic carbocycles. The van der Waals surface area contributed by atoms with Gasteiger partial charge in [-0.1, -0.05) is 25.9 Å². The largest absolute Gasteiger partial charge is 0.486 e. The molecule has 0 atom stereocenters. The van der Waals surface area contributed by atoms with E-state index in [0.29, 0.717) is 6.61 Å². The monoisotopic (exact) mass is 228 g/mol. The minimum atomic E-state index is -0.255. The van der Waals surface area contributed by atoms with Gasteiger partial charge in [0, 0.05) is 7.11 Å². The Labute approximate surface area is 100 Å². The molecule has 94 valence electrons. The maximum atomic E-state index is 5.75. The van der Waals surface area contributed by atoms with E-state index in [-0.39, 0.29) is 18.3 Å². The van der Waals surface area contributed by atoms with Crippen LogP contribution in [0.2, 0.25) is 0 Å². The highest BCUT2D eigenvalue weighted by Crippen LogP contribution is 2.36. The number of ether oxygens (including phenoxy) is 1. The molecule has 0 bridgehead atoms. The molecule has 1 aliphatic rings. The number of methoxy groups -OCH3 is 1. The van der Waals surface area contributed by atoms with Crippen molar-refractivity contribution in [3.8, 4) is 0 Å². The molecule has 3 nitrogen and oxygen atoms in total. The quantitative estimate of drug-likeness (QED) is 0.695. The van der Waals surface area contributed by atoms with Gasteiger partial charge in [-0.05, 0) is 27.7 Å². The second-order valence-corrected chi connectivity index (χ2v) is 4.51. The van der Waals surface area contributed by atoms with Gasteiger partial charge < -0.3 is 14.0 Å². The zero-order valence-electron chi connectivity index (χ0n) is 11.7. The zero-order valence-corrected chi connectivity index (χ0v) is 11.7. The van der Waals surface area contributed by atoms with Crippen LogP contribution in [-0.2, 0) is 14.0 Å². The maximum absolute atomic E-state index is 5.75. The Morgan fingerprint density at radius 2 is 1.50 bits per heavy atom. The van der Waals surface area contributed by atoms with Gasteiger partial charge in [-0.2, -0.15) is 0 Å². The van der Waals surface area contributed by atoms with Gasteiger partial charge >= 0.3 is 7.12 Å². The third-order valence-corrected chi connectivity index (χ3v) is 2.83. The van der Waals surface area contributed by atoms with E-state index in [0.717, 1.165) is 0 Å². The van der Waals surface area contributed by atoms with Crippen molar-refractivity contribution in [2.75, 3.05) is 13.7 Å². The molecule has 0 unspecified atom stereocenters. The van der Waals surface area contributed by atoms with Crippen molar-refractivity contribution in [2.24, 2.45) is 0 Å². The predicted molar refractivity (Wildman–Crippen MR) is 68.4 cm³/mol. The number of rotatable bonds is 3. The molecule has 1 rings (SSSR count). The van der Waals surface area contributed by atoms with Gasteiger partial charge in [0.15, 0.2) is 0 Å². The molecule has 0 spiro atoms. The lowest BCUT2D eigenvalue weighted by molar-refractivity contribution is 0.00578. The van der Waals surface area contributed by atoms with Crippen molar-refractivity contribution in [3.63, 3.8) is 0 Å². The predicted octanol–water partition coefficient (Wildman–Crippen LogP) is 2.85. The highest BCUT2D eigenvalue weighted by atomic mass is 16.7. The van der Waals surface area contributed by atoms with Crippen LogP contribution in [0.5, 0.6) is 0 Å². The Kier molecular flexibility index (Phi) is 6.30. The third-order valence-electron chi connectivity index (χ3n) is 2.83. The van der Waals surface area contributed by atoms with Crippen molar-refractivity contribution in [2.45, 2.75) is 52.7 Å². The van der Waals surface area contributed by atoms with Gasteiger partial charge in [0.05, 0.1) is 17.8 Å². The summed E-state index contributed by atoms with van der Waals surface area (Å²) in [6, 6.07) is 0. The van der Waals surface area contributed by atoms with Crippen molar-refractivity contribution in [1.29, 1.82) is 0 Å². The minimum absolute atomic E-state index is 0.254. The van der Waals surface area contributed by atoms with E-state index in [2.05, 4.69) is 0 Å². The summed E-state index contributed by atoms with van der Waals surface area (Å²) in [5, 5.41) is 0. The van der Waals surface area contributed by atoms with Gasteiger partial charge in [-0.3, -0.25) is 0 Å². The third kappa shape index (κ3) is 3.93. The molecule has 0 N–H and O–H groups in total. The fraction of sp³-hybridized carbons (Fsp3) is 0.833. The Morgan fingerprint density at radius 3 is 1.88 bits per heavy atom. The van der Waals surface area contributed by atoms with Crippen LogP contribution < -0.4 is 0 Å². The molecule has 16 heavy (non-hydrogen) atoms. The molecular formula is C12H25BO3. The van der Waals surface area contributed by atoms with E-state index in [1.165, 1.54) is 0 Å². The van der Waals surface area contributed by atoms with Crippen LogP contribution in [0.15, 0.2) is 12.1 Å². The van der Waals surface area contributed by atoms with Crippen LogP contribution in [0, 0.1) is 0 Å². The van der Waals surface area contributed by atoms with Gasteiger partial charge in [-0.25, -0.2) is 0 Å². The molecule has 1 heterocycles. The van der Waals surface area contributed by atoms with E-state index in [1.807, 2.05) is 53.6 Å². The van der Waals surface area contributed by atoms with Crippen molar-refractivity contribution < 1.29 is 14.0 Å². The molecule has 1 fully saturated rings. The lowest BCUT2D eigenvalue weighted by atomic mass is 9.90. The molecule has 0 aromatic heterocycles. The van der Waals surface area contributed by atoms with E-state index in [1.54, 1.807) is 7.11 Å². The van der Waals surface area contributed by atoms with Gasteiger partial charge in [0.1, 0.15) is 0 Å². The lowest BCUT2D eigenvalue weighted by Crippen LogP contribution is -2.41. The highest BCUT2D eigenvalue weighted by Gasteiger charge is 2.49. The molecule has 0 amide bonds. The van der Waals surface area contributed by atoms with Crippen LogP contribution in [0.1, 0.15) is 41.5 Å². The van der Waals surface area contributed by atoms with Crippen molar-refractivity contribution in [1.82, 2.24) is 0 Å². The molecule has 1 aliphatic heterocycles. The molecule has 0 saturated carbocycles. The summed E-state index contributed by atoms with van der Waals surface area (Å²) in [5.74, 6) is 1.89. The summed E-state index contributed by atoms with van der Waals surface area (Å²) >= 11 is 0. The normalized spacial score (nSPS) is 22.1. The average molecular weight is 228 g/mol. The Hall–Kier alpha value is -0.315. The van der Waals surface area contributed by atoms with Crippen LogP contribution in [0.4, 0.5) is 0 Å². The van der Waals surface area contributed by atoms with E-state index < -0.39 is 0 Å². The number of hydrogen-bond acceptors (Lipinski definition) is 3. The summed E-state index contributed by atoms with van der Waals surface area (Å²) < 4.78 is 16.4. The molecule has 0 aromatic rings. The summed E-state index contributed by atoms with van der Waals surface area (Å²) in [6.07, 6.45) is 1.90. The first kappa shape index (κ1) is 15.7. The minimum Gasteiger partial charge on any atom is -0.400 e. The number of hydrogen-bond donors (Lipinski definition) is 0. The smallest absolute Gasteiger partial charge is 0.400 e. The molecule has 0 aliphatic carbocycles. The average Bonchev–Trinajstić information content (AvgIpc) is 2.39. The topological polar surface area (TPSA) is 27.7 Å². The molecule has 4 heteroatoms. The van der Waals surface area contributed by atoms with E-state index in [4.69, 9.17) is 14.0 Å². The lowest BCUT2D eigenvalue weighted by Gasteiger charge is -2.32. The first-order valence-electron chi connectivity index (χ1n) is 5.90. The van der Waals surface area contributed by atoms with Gasteiger partial charge in [0.2, 0.25) is 0 Å². The first-order valence-corrected chi connectivity index (χ1v) is 5.90. The fourth-order valence-electron chi connectivity index (χ4n) is 1.23. The Balaban J connectivity index is 0.00000106. The second-order valence-electron chi connectivity index (χ2n) is 4.51. The Morgan fingerprint density at radius 1 is 1.06 bits per heavy atom. The summed E-state index contributed by atoms with van der Waals surface area (Å²) in [7, 11) is 1.41. The van der Waals surface area contributed by atoms with Gasteiger partial charge in [0.25, 0.3) is 0 Å². The van der Waals surface area contributed by atoms with Crippen LogP contribution >= 0.6 is 0 Å². The highest BCUT2D eigenvalue weighted by molar-refractivity contribution is 6.51. The van der Waals surface area contributed by atoms with E-state index in [9.17, 15) is 0 Å². The first-order chi connectivity index (χ1) is 7.39. The van der Waals surface area contributed by atoms with E-state index >= 15 is 0 Å². The molecule has 0 radical (unpaired) electrons. The standard InChI is InChI=1S/C10H19BO3.C2H6/c1-9(2)10(3,4)14-11(13-9)7-6-8-12-5;1-2/h6-7H,8H2,1-5H3;1-2H3/b7-6+;. The zero-order chi connectivity index (χ0) is 12.8. The molecule has 1 saturated heterocycles. The maximum Gasteiger partial charge on any atom is 0.486 e. The van der Waals surface area contributed by atoms with Crippen molar-refractivity contribution >= 4 is 7.12 Å². The van der Waals surface area contributed by atoms with Crippen LogP contribution in [-0.4, -0.2) is 32.0 Å². The van der Waals surface area contributed by atoms with Gasteiger partial charge in [-0.15, -0.1) is 0 Å². The Bertz CT molecular complexity index is 208. The second kappa shape index (κ2) is 6.43. The fourth-order valence-corrected chi connectivity index (χ4v) is 1.23. The molecular weight excluding hydrogens is 203 g/mol. The summed E-state index contributed by atoms with van der Waals surface area (Å²) in [5.41, 5.74) is -0.510. The van der Waals surface area contributed by atoms with Crippen LogP contribution in [0.25, 0.3) is 0 Å². The SMILES string of the molecule is CC.COC/C=C/B1OC(C)(C)C(C)(C)O1.